The van der Waals surface area contributed by atoms with Gasteiger partial charge in [0, 0.05) is 12.6 Å². The normalized spacial score (nSPS) is 22.3. The maximum Gasteiger partial charge on any atom is 0.258 e. The molecule has 1 aliphatic rings. The zero-order chi connectivity index (χ0) is 14.4. The molecule has 0 heterocycles. The molecule has 3 N–H and O–H groups in total. The first-order valence-electron chi connectivity index (χ1n) is 7.40. The molecule has 1 amide bonds. The van der Waals surface area contributed by atoms with E-state index < -0.39 is 0 Å². The van der Waals surface area contributed by atoms with E-state index in [0.717, 1.165) is 12.0 Å². The Bertz CT molecular complexity index is 431. The van der Waals surface area contributed by atoms with Gasteiger partial charge >= 0.3 is 0 Å². The summed E-state index contributed by atoms with van der Waals surface area (Å²) < 4.78 is 5.49. The summed E-state index contributed by atoms with van der Waals surface area (Å²) in [6, 6.07) is 7.82. The van der Waals surface area contributed by atoms with Gasteiger partial charge in [0.05, 0.1) is 0 Å². The summed E-state index contributed by atoms with van der Waals surface area (Å²) in [5, 5.41) is 3.08. The third-order valence-corrected chi connectivity index (χ3v) is 3.99. The van der Waals surface area contributed by atoms with Crippen LogP contribution in [0, 0.1) is 5.92 Å². The molecule has 1 aromatic rings. The van der Waals surface area contributed by atoms with Crippen molar-refractivity contribution in [3.05, 3.63) is 29.8 Å². The van der Waals surface area contributed by atoms with Crippen LogP contribution >= 0.6 is 0 Å². The first-order chi connectivity index (χ1) is 9.69. The fourth-order valence-electron chi connectivity index (χ4n) is 2.65. The summed E-state index contributed by atoms with van der Waals surface area (Å²) in [5.41, 5.74) is 6.59. The Hall–Kier alpha value is -1.55. The quantitative estimate of drug-likeness (QED) is 0.866. The van der Waals surface area contributed by atoms with Crippen molar-refractivity contribution in [3.63, 3.8) is 0 Å². The molecule has 1 saturated carbocycles. The standard InChI is InChI=1S/C16H24N2O2/c1-12-4-2-3-5-15(12)18-16(19)11-20-14-8-6-13(10-17)7-9-14/h6-9,12,15H,2-5,10-11,17H2,1H3,(H,18,19). The van der Waals surface area contributed by atoms with Crippen LogP contribution in [0.25, 0.3) is 0 Å². The summed E-state index contributed by atoms with van der Waals surface area (Å²) in [6.45, 7) is 2.79. The first kappa shape index (κ1) is 14.9. The Balaban J connectivity index is 1.76. The molecular weight excluding hydrogens is 252 g/mol. The van der Waals surface area contributed by atoms with Gasteiger partial charge in [-0.2, -0.15) is 0 Å². The van der Waals surface area contributed by atoms with Crippen LogP contribution in [0.3, 0.4) is 0 Å². The number of carbonyl (C=O) groups is 1. The fourth-order valence-corrected chi connectivity index (χ4v) is 2.65. The lowest BCUT2D eigenvalue weighted by Gasteiger charge is -2.29. The highest BCUT2D eigenvalue weighted by Gasteiger charge is 2.22. The Morgan fingerprint density at radius 2 is 2.00 bits per heavy atom. The van der Waals surface area contributed by atoms with Crippen molar-refractivity contribution in [3.8, 4) is 5.75 Å². The van der Waals surface area contributed by atoms with Gasteiger partial charge in [-0.1, -0.05) is 31.9 Å². The summed E-state index contributed by atoms with van der Waals surface area (Å²) >= 11 is 0. The molecule has 2 unspecified atom stereocenters. The molecule has 1 aliphatic carbocycles. The van der Waals surface area contributed by atoms with Crippen molar-refractivity contribution >= 4 is 5.91 Å². The average molecular weight is 276 g/mol. The molecule has 4 heteroatoms. The summed E-state index contributed by atoms with van der Waals surface area (Å²) in [7, 11) is 0. The Labute approximate surface area is 120 Å². The van der Waals surface area contributed by atoms with E-state index in [-0.39, 0.29) is 12.5 Å². The van der Waals surface area contributed by atoms with Crippen molar-refractivity contribution in [2.24, 2.45) is 11.7 Å². The van der Waals surface area contributed by atoms with Crippen LogP contribution in [-0.4, -0.2) is 18.6 Å². The number of benzene rings is 1. The molecule has 0 spiro atoms. The second-order valence-electron chi connectivity index (χ2n) is 5.57. The number of amides is 1. The van der Waals surface area contributed by atoms with Gasteiger partial charge in [0.25, 0.3) is 5.91 Å². The molecule has 0 bridgehead atoms. The van der Waals surface area contributed by atoms with Gasteiger partial charge in [-0.05, 0) is 36.5 Å². The molecule has 2 rings (SSSR count). The van der Waals surface area contributed by atoms with Gasteiger partial charge in [0.2, 0.25) is 0 Å². The van der Waals surface area contributed by atoms with Crippen molar-refractivity contribution < 1.29 is 9.53 Å². The second-order valence-corrected chi connectivity index (χ2v) is 5.57. The maximum atomic E-state index is 11.9. The number of ether oxygens (including phenoxy) is 1. The number of nitrogens with one attached hydrogen (secondary N) is 1. The molecular formula is C16H24N2O2. The van der Waals surface area contributed by atoms with Crippen molar-refractivity contribution in [1.82, 2.24) is 5.32 Å². The zero-order valence-electron chi connectivity index (χ0n) is 12.1. The van der Waals surface area contributed by atoms with Crippen LogP contribution in [0.15, 0.2) is 24.3 Å². The topological polar surface area (TPSA) is 64.3 Å². The van der Waals surface area contributed by atoms with E-state index in [4.69, 9.17) is 10.5 Å². The van der Waals surface area contributed by atoms with E-state index in [2.05, 4.69) is 12.2 Å². The molecule has 0 radical (unpaired) electrons. The van der Waals surface area contributed by atoms with Crippen LogP contribution in [0.2, 0.25) is 0 Å². The smallest absolute Gasteiger partial charge is 0.258 e. The van der Waals surface area contributed by atoms with Gasteiger partial charge < -0.3 is 15.8 Å². The number of rotatable bonds is 5. The van der Waals surface area contributed by atoms with Crippen LogP contribution in [0.4, 0.5) is 0 Å². The third kappa shape index (κ3) is 4.23. The molecule has 110 valence electrons. The second kappa shape index (κ2) is 7.29. The predicted molar refractivity (Wildman–Crippen MR) is 79.4 cm³/mol. The minimum absolute atomic E-state index is 0.0355. The van der Waals surface area contributed by atoms with Crippen molar-refractivity contribution in [2.45, 2.75) is 45.2 Å². The maximum absolute atomic E-state index is 11.9. The highest BCUT2D eigenvalue weighted by Crippen LogP contribution is 2.23. The summed E-state index contributed by atoms with van der Waals surface area (Å²) in [5.74, 6) is 1.23. The molecule has 0 saturated heterocycles. The zero-order valence-corrected chi connectivity index (χ0v) is 12.1. The first-order valence-corrected chi connectivity index (χ1v) is 7.40. The van der Waals surface area contributed by atoms with E-state index in [1.54, 1.807) is 0 Å². The molecule has 4 nitrogen and oxygen atoms in total. The van der Waals surface area contributed by atoms with E-state index in [0.29, 0.717) is 24.3 Å². The lowest BCUT2D eigenvalue weighted by atomic mass is 9.86. The highest BCUT2D eigenvalue weighted by atomic mass is 16.5. The minimum atomic E-state index is -0.0355. The molecule has 0 aromatic heterocycles. The number of hydrogen-bond donors (Lipinski definition) is 2. The highest BCUT2D eigenvalue weighted by molar-refractivity contribution is 5.77. The van der Waals surface area contributed by atoms with Crippen LogP contribution in [0.1, 0.15) is 38.2 Å². The SMILES string of the molecule is CC1CCCCC1NC(=O)COc1ccc(CN)cc1. The molecule has 1 fully saturated rings. The largest absolute Gasteiger partial charge is 0.484 e. The van der Waals surface area contributed by atoms with E-state index in [1.807, 2.05) is 24.3 Å². The van der Waals surface area contributed by atoms with E-state index in [9.17, 15) is 4.79 Å². The molecule has 2 atom stereocenters. The number of nitrogens with two attached hydrogens (primary N) is 1. The van der Waals surface area contributed by atoms with Crippen molar-refractivity contribution in [2.75, 3.05) is 6.61 Å². The third-order valence-electron chi connectivity index (χ3n) is 3.99. The summed E-state index contributed by atoms with van der Waals surface area (Å²) in [6.07, 6.45) is 4.76. The summed E-state index contributed by atoms with van der Waals surface area (Å²) in [4.78, 5) is 11.9. The molecule has 0 aliphatic heterocycles. The van der Waals surface area contributed by atoms with Crippen LogP contribution in [0.5, 0.6) is 5.75 Å². The Kier molecular flexibility index (Phi) is 5.41. The fraction of sp³-hybridized carbons (Fsp3) is 0.562. The van der Waals surface area contributed by atoms with Gasteiger partial charge in [0.1, 0.15) is 5.75 Å². The average Bonchev–Trinajstić information content (AvgIpc) is 2.48. The number of hydrogen-bond acceptors (Lipinski definition) is 3. The molecule has 1 aromatic carbocycles. The van der Waals surface area contributed by atoms with E-state index >= 15 is 0 Å². The predicted octanol–water partition coefficient (Wildman–Crippen LogP) is 2.22. The lowest BCUT2D eigenvalue weighted by Crippen LogP contribution is -2.43. The van der Waals surface area contributed by atoms with Gasteiger partial charge in [-0.3, -0.25) is 4.79 Å². The number of carbonyl (C=O) groups excluding carboxylic acids is 1. The van der Waals surface area contributed by atoms with Gasteiger partial charge in [0.15, 0.2) is 6.61 Å². The monoisotopic (exact) mass is 276 g/mol. The Morgan fingerprint density at radius 1 is 1.30 bits per heavy atom. The van der Waals surface area contributed by atoms with Crippen molar-refractivity contribution in [1.29, 1.82) is 0 Å². The van der Waals surface area contributed by atoms with E-state index in [1.165, 1.54) is 19.3 Å². The Morgan fingerprint density at radius 3 is 2.65 bits per heavy atom. The van der Waals surface area contributed by atoms with Crippen LogP contribution in [-0.2, 0) is 11.3 Å². The van der Waals surface area contributed by atoms with Gasteiger partial charge in [-0.15, -0.1) is 0 Å². The lowest BCUT2D eigenvalue weighted by molar-refractivity contribution is -0.124. The van der Waals surface area contributed by atoms with Gasteiger partial charge in [-0.25, -0.2) is 0 Å². The minimum Gasteiger partial charge on any atom is -0.484 e. The molecule has 20 heavy (non-hydrogen) atoms. The van der Waals surface area contributed by atoms with Crippen LogP contribution < -0.4 is 15.8 Å².